The molecular weight excluding hydrogens is 352 g/mol. The first-order valence-corrected chi connectivity index (χ1v) is 9.11. The lowest BCUT2D eigenvalue weighted by molar-refractivity contribution is 0.102. The van der Waals surface area contributed by atoms with Crippen LogP contribution in [0.2, 0.25) is 0 Å². The van der Waals surface area contributed by atoms with Crippen LogP contribution in [-0.2, 0) is 13.0 Å². The summed E-state index contributed by atoms with van der Waals surface area (Å²) in [6.45, 7) is 2.67. The molecule has 0 unspecified atom stereocenters. The first-order valence-electron chi connectivity index (χ1n) is 9.11. The molecule has 2 aromatic carbocycles. The van der Waals surface area contributed by atoms with Gasteiger partial charge in [-0.2, -0.15) is 20.1 Å². The molecule has 0 atom stereocenters. The molecule has 1 amide bonds. The van der Waals surface area contributed by atoms with Gasteiger partial charge in [-0.25, -0.2) is 0 Å². The molecule has 2 heterocycles. The summed E-state index contributed by atoms with van der Waals surface area (Å²) < 4.78 is 1.89. The third-order valence-corrected chi connectivity index (χ3v) is 4.48. The lowest BCUT2D eigenvalue weighted by atomic mass is 10.1. The van der Waals surface area contributed by atoms with E-state index in [-0.39, 0.29) is 5.91 Å². The van der Waals surface area contributed by atoms with Gasteiger partial charge in [-0.05, 0) is 36.2 Å². The molecule has 0 saturated heterocycles. The summed E-state index contributed by atoms with van der Waals surface area (Å²) in [7, 11) is 0. The van der Waals surface area contributed by atoms with Gasteiger partial charge < -0.3 is 5.32 Å². The van der Waals surface area contributed by atoms with Crippen LogP contribution in [0.15, 0.2) is 73.2 Å². The molecule has 0 spiro atoms. The summed E-state index contributed by atoms with van der Waals surface area (Å²) >= 11 is 0. The van der Waals surface area contributed by atoms with Crippen LogP contribution >= 0.6 is 0 Å². The fraction of sp³-hybridized carbons (Fsp3) is 0.143. The van der Waals surface area contributed by atoms with E-state index >= 15 is 0 Å². The summed E-state index contributed by atoms with van der Waals surface area (Å²) in [5.41, 5.74) is 4.19. The van der Waals surface area contributed by atoms with Crippen LogP contribution in [0.5, 0.6) is 0 Å². The fourth-order valence-electron chi connectivity index (χ4n) is 3.09. The zero-order valence-electron chi connectivity index (χ0n) is 15.5. The average molecular weight is 372 g/mol. The van der Waals surface area contributed by atoms with Crippen LogP contribution in [-0.4, -0.2) is 30.7 Å². The number of anilines is 1. The van der Waals surface area contributed by atoms with Crippen LogP contribution < -0.4 is 5.32 Å². The van der Waals surface area contributed by atoms with Crippen molar-refractivity contribution in [2.45, 2.75) is 19.9 Å². The number of hydrogen-bond acceptors (Lipinski definition) is 4. The topological polar surface area (TPSA) is 77.6 Å². The number of nitrogens with zero attached hydrogens (tertiary/aromatic N) is 5. The van der Waals surface area contributed by atoms with E-state index in [9.17, 15) is 4.79 Å². The quantitative estimate of drug-likeness (QED) is 0.563. The zero-order chi connectivity index (χ0) is 19.3. The molecule has 2 aromatic heterocycles. The minimum absolute atomic E-state index is 0.166. The Balaban J connectivity index is 1.50. The lowest BCUT2D eigenvalue weighted by Gasteiger charge is -2.09. The number of amides is 1. The third-order valence-electron chi connectivity index (χ3n) is 4.48. The van der Waals surface area contributed by atoms with Crippen molar-refractivity contribution in [3.8, 4) is 5.69 Å². The first kappa shape index (κ1) is 17.7. The number of hydrogen-bond donors (Lipinski definition) is 1. The molecule has 7 nitrogen and oxygen atoms in total. The highest BCUT2D eigenvalue weighted by atomic mass is 16.1. The highest BCUT2D eigenvalue weighted by Gasteiger charge is 2.16. The van der Waals surface area contributed by atoms with Crippen molar-refractivity contribution in [3.05, 3.63) is 90.0 Å². The summed E-state index contributed by atoms with van der Waals surface area (Å²) in [4.78, 5) is 14.3. The predicted molar refractivity (Wildman–Crippen MR) is 106 cm³/mol. The Morgan fingerprint density at radius 1 is 0.964 bits per heavy atom. The van der Waals surface area contributed by atoms with Crippen LogP contribution in [0.1, 0.15) is 28.5 Å². The van der Waals surface area contributed by atoms with Crippen molar-refractivity contribution in [2.75, 3.05) is 5.32 Å². The normalized spacial score (nSPS) is 10.8. The number of carbonyl (C=O) groups is 1. The van der Waals surface area contributed by atoms with Gasteiger partial charge in [-0.1, -0.05) is 37.3 Å². The van der Waals surface area contributed by atoms with Crippen molar-refractivity contribution in [2.24, 2.45) is 0 Å². The molecule has 1 N–H and O–H groups in total. The van der Waals surface area contributed by atoms with E-state index < -0.39 is 0 Å². The Kier molecular flexibility index (Phi) is 4.97. The van der Waals surface area contributed by atoms with Crippen molar-refractivity contribution < 1.29 is 4.79 Å². The highest BCUT2D eigenvalue weighted by Crippen LogP contribution is 2.16. The maximum atomic E-state index is 12.8. The molecule has 7 heteroatoms. The minimum Gasteiger partial charge on any atom is -0.322 e. The molecular formula is C21H20N6O. The van der Waals surface area contributed by atoms with Gasteiger partial charge in [0.1, 0.15) is 0 Å². The molecule has 140 valence electrons. The fourth-order valence-corrected chi connectivity index (χ4v) is 3.09. The Bertz CT molecular complexity index is 1050. The maximum absolute atomic E-state index is 12.8. The SMILES string of the molecule is CCc1c(C(=O)Nc2ccc(-n3nccn3)cc2)cnn1Cc1ccccc1. The average Bonchev–Trinajstić information content (AvgIpc) is 3.39. The van der Waals surface area contributed by atoms with E-state index in [4.69, 9.17) is 0 Å². The number of nitrogens with one attached hydrogen (secondary N) is 1. The van der Waals surface area contributed by atoms with Crippen molar-refractivity contribution in [1.29, 1.82) is 0 Å². The Morgan fingerprint density at radius 3 is 2.36 bits per heavy atom. The minimum atomic E-state index is -0.166. The molecule has 4 aromatic rings. The second-order valence-electron chi connectivity index (χ2n) is 6.32. The molecule has 0 radical (unpaired) electrons. The lowest BCUT2D eigenvalue weighted by Crippen LogP contribution is -2.15. The van der Waals surface area contributed by atoms with Crippen LogP contribution in [0.25, 0.3) is 5.69 Å². The van der Waals surface area contributed by atoms with Crippen LogP contribution in [0.4, 0.5) is 5.69 Å². The van der Waals surface area contributed by atoms with E-state index in [1.807, 2.05) is 54.1 Å². The Hall–Kier alpha value is -3.74. The second kappa shape index (κ2) is 7.87. The van der Waals surface area contributed by atoms with E-state index in [0.717, 1.165) is 23.4 Å². The summed E-state index contributed by atoms with van der Waals surface area (Å²) in [5, 5.41) is 15.6. The van der Waals surface area contributed by atoms with Gasteiger partial charge in [-0.3, -0.25) is 9.48 Å². The maximum Gasteiger partial charge on any atom is 0.259 e. The summed E-state index contributed by atoms with van der Waals surface area (Å²) in [5.74, 6) is -0.166. The molecule has 0 bridgehead atoms. The Labute approximate surface area is 162 Å². The zero-order valence-corrected chi connectivity index (χ0v) is 15.5. The molecule has 28 heavy (non-hydrogen) atoms. The van der Waals surface area contributed by atoms with Crippen molar-refractivity contribution in [1.82, 2.24) is 24.8 Å². The molecule has 0 saturated carbocycles. The molecule has 0 aliphatic rings. The summed E-state index contributed by atoms with van der Waals surface area (Å²) in [6, 6.07) is 17.5. The monoisotopic (exact) mass is 372 g/mol. The molecule has 4 rings (SSSR count). The van der Waals surface area contributed by atoms with E-state index in [0.29, 0.717) is 17.8 Å². The third kappa shape index (κ3) is 3.68. The van der Waals surface area contributed by atoms with Gasteiger partial charge in [0, 0.05) is 5.69 Å². The smallest absolute Gasteiger partial charge is 0.259 e. The van der Waals surface area contributed by atoms with Gasteiger partial charge in [0.2, 0.25) is 0 Å². The van der Waals surface area contributed by atoms with Gasteiger partial charge in [0.05, 0.1) is 42.1 Å². The first-order chi connectivity index (χ1) is 13.7. The van der Waals surface area contributed by atoms with Crippen molar-refractivity contribution in [3.63, 3.8) is 0 Å². The summed E-state index contributed by atoms with van der Waals surface area (Å²) in [6.07, 6.45) is 5.60. The van der Waals surface area contributed by atoms with Gasteiger partial charge in [0.25, 0.3) is 5.91 Å². The standard InChI is InChI=1S/C21H20N6O/c1-2-20-19(14-24-26(20)15-16-6-4-3-5-7-16)21(28)25-17-8-10-18(11-9-17)27-22-12-13-23-27/h3-14H,2,15H2,1H3,(H,25,28). The number of aromatic nitrogens is 5. The van der Waals surface area contributed by atoms with Gasteiger partial charge in [-0.15, -0.1) is 0 Å². The number of benzene rings is 2. The predicted octanol–water partition coefficient (Wildman–Crippen LogP) is 3.33. The highest BCUT2D eigenvalue weighted by molar-refractivity contribution is 6.05. The van der Waals surface area contributed by atoms with E-state index in [1.54, 1.807) is 18.6 Å². The molecule has 0 fully saturated rings. The Morgan fingerprint density at radius 2 is 1.68 bits per heavy atom. The molecule has 0 aliphatic carbocycles. The van der Waals surface area contributed by atoms with Crippen LogP contribution in [0, 0.1) is 0 Å². The largest absolute Gasteiger partial charge is 0.322 e. The van der Waals surface area contributed by atoms with Crippen LogP contribution in [0.3, 0.4) is 0 Å². The van der Waals surface area contributed by atoms with E-state index in [1.165, 1.54) is 4.80 Å². The number of carbonyl (C=O) groups excluding carboxylic acids is 1. The van der Waals surface area contributed by atoms with Crippen molar-refractivity contribution >= 4 is 11.6 Å². The van der Waals surface area contributed by atoms with E-state index in [2.05, 4.69) is 32.7 Å². The number of rotatable bonds is 6. The second-order valence-corrected chi connectivity index (χ2v) is 6.32. The van der Waals surface area contributed by atoms with Gasteiger partial charge >= 0.3 is 0 Å². The van der Waals surface area contributed by atoms with Gasteiger partial charge in [0.15, 0.2) is 0 Å². The molecule has 0 aliphatic heterocycles.